The van der Waals surface area contributed by atoms with Crippen molar-refractivity contribution in [3.05, 3.63) is 229 Å². The van der Waals surface area contributed by atoms with Crippen LogP contribution in [0.15, 0.2) is 185 Å². The van der Waals surface area contributed by atoms with Crippen LogP contribution < -0.4 is 31.9 Å². The van der Waals surface area contributed by atoms with Crippen molar-refractivity contribution < 1.29 is 75.8 Å². The Morgan fingerprint density at radius 3 is 1.17 bits per heavy atom. The minimum atomic E-state index is -3.55. The van der Waals surface area contributed by atoms with Crippen LogP contribution in [-0.2, 0) is 57.7 Å². The number of carbonyl (C=O) groups is 4. The zero-order valence-corrected chi connectivity index (χ0v) is 52.7. The van der Waals surface area contributed by atoms with Crippen molar-refractivity contribution in [2.24, 2.45) is 0 Å². The van der Waals surface area contributed by atoms with E-state index in [1.54, 1.807) is 60.7 Å². The van der Waals surface area contributed by atoms with Gasteiger partial charge < -0.3 is 50.4 Å². The molecule has 0 saturated heterocycles. The van der Waals surface area contributed by atoms with Crippen LogP contribution in [-0.4, -0.2) is 102 Å². The largest absolute Gasteiger partial charge is 0.508 e. The summed E-state index contributed by atoms with van der Waals surface area (Å²) in [7, 11) is -14.0. The van der Waals surface area contributed by atoms with Crippen LogP contribution in [0.25, 0.3) is 6.08 Å². The first-order chi connectivity index (χ1) is 41.3. The molecule has 0 aliphatic heterocycles. The Hall–Kier alpha value is -7.90. The van der Waals surface area contributed by atoms with Gasteiger partial charge >= 0.3 is 11.9 Å². The Balaban J connectivity index is 0.000000251. The van der Waals surface area contributed by atoms with Crippen LogP contribution in [0.1, 0.15) is 43.0 Å². The van der Waals surface area contributed by atoms with Gasteiger partial charge in [0.1, 0.15) is 42.2 Å². The van der Waals surface area contributed by atoms with Gasteiger partial charge in [-0.2, -0.15) is 0 Å². The van der Waals surface area contributed by atoms with Gasteiger partial charge in [0.05, 0.1) is 41.0 Å². The molecule has 0 saturated carbocycles. The number of hydrogen-bond acceptors (Lipinski definition) is 14. The lowest BCUT2D eigenvalue weighted by Gasteiger charge is -2.20. The van der Waals surface area contributed by atoms with Crippen LogP contribution in [0.4, 0.5) is 0 Å². The minimum absolute atomic E-state index is 0.0119. The zero-order valence-electron chi connectivity index (χ0n) is 46.3. The smallest absolute Gasteiger partial charge is 0.326 e. The van der Waals surface area contributed by atoms with Gasteiger partial charge in [-0.05, 0) is 132 Å². The molecule has 8 N–H and O–H groups in total. The lowest BCUT2D eigenvalue weighted by Crippen LogP contribution is -2.42. The van der Waals surface area contributed by atoms with Crippen LogP contribution in [0.2, 0.25) is 20.1 Å². The Morgan fingerprint density at radius 2 is 0.818 bits per heavy atom. The molecule has 8 aromatic rings. The average Bonchev–Trinajstić information content (AvgIpc) is 2.19. The predicted molar refractivity (Wildman–Crippen MR) is 341 cm³/mol. The molecule has 88 heavy (non-hydrogen) atoms. The lowest BCUT2D eigenvalue weighted by atomic mass is 10.0. The number of sulfone groups is 2. The number of hydrogen-bond donors (Lipinski definition) is 8. The molecule has 0 aromatic heterocycles. The number of nitrogens with one attached hydrogen (secondary N) is 2. The monoisotopic (exact) mass is 1350 g/mol. The van der Waals surface area contributed by atoms with Gasteiger partial charge in [0.25, 0.3) is 11.8 Å². The van der Waals surface area contributed by atoms with Gasteiger partial charge in [0.2, 0.25) is 0 Å². The van der Waals surface area contributed by atoms with E-state index in [9.17, 15) is 75.8 Å². The molecule has 0 aliphatic carbocycles. The molecule has 2 amide bonds. The number of amides is 2. The number of carbonyl (C=O) groups excluding carboxylic acids is 2. The maximum absolute atomic E-state index is 14.4. The van der Waals surface area contributed by atoms with Crippen molar-refractivity contribution in [1.29, 1.82) is 0 Å². The van der Waals surface area contributed by atoms with Crippen LogP contribution in [0.5, 0.6) is 23.0 Å². The molecule has 0 spiro atoms. The number of phenols is 4. The van der Waals surface area contributed by atoms with E-state index in [1.165, 1.54) is 121 Å². The number of aliphatic carboxylic acids is 2. The van der Waals surface area contributed by atoms with Gasteiger partial charge in [-0.15, -0.1) is 0 Å². The average molecular weight is 1350 g/mol. The maximum atomic E-state index is 14.4. The van der Waals surface area contributed by atoms with E-state index in [1.807, 2.05) is 0 Å². The van der Waals surface area contributed by atoms with Crippen LogP contribution in [0, 0.1) is 0 Å². The normalized spacial score (nSPS) is 12.5. The lowest BCUT2D eigenvalue weighted by molar-refractivity contribution is -0.140. The maximum Gasteiger partial charge on any atom is 0.326 e. The van der Waals surface area contributed by atoms with E-state index in [2.05, 4.69) is 10.6 Å². The van der Waals surface area contributed by atoms with E-state index in [4.69, 9.17) is 46.4 Å². The predicted octanol–water partition coefficient (Wildman–Crippen LogP) is 10.0. The van der Waals surface area contributed by atoms with Crippen LogP contribution in [0.3, 0.4) is 0 Å². The molecule has 2 atom stereocenters. The Morgan fingerprint density at radius 1 is 0.477 bits per heavy atom. The van der Waals surface area contributed by atoms with Crippen LogP contribution >= 0.6 is 60.7 Å². The fraction of sp³-hybridized carbons (Fsp3) is 0.129. The molecule has 458 valence electrons. The Labute approximate surface area is 526 Å². The first-order valence-electron chi connectivity index (χ1n) is 26.0. The van der Waals surface area contributed by atoms with Crippen molar-refractivity contribution in [2.45, 2.75) is 41.1 Å². The summed E-state index contributed by atoms with van der Waals surface area (Å²) >= 11 is 25.8. The molecule has 8 rings (SSSR count). The molecule has 0 unspecified atom stereocenters. The van der Waals surface area contributed by atoms with Crippen molar-refractivity contribution in [1.82, 2.24) is 10.6 Å². The Kier molecular flexibility index (Phi) is 21.9. The zero-order chi connectivity index (χ0) is 64.5. The number of rotatable bonds is 21. The van der Waals surface area contributed by atoms with Gasteiger partial charge in [0.15, 0.2) is 26.8 Å². The topological polar surface area (TPSA) is 316 Å². The third-order valence-electron chi connectivity index (χ3n) is 13.5. The van der Waals surface area contributed by atoms with E-state index in [-0.39, 0.29) is 89.4 Å². The molecular formula is C62H54Cl4N2O16P2S2. The van der Waals surface area contributed by atoms with E-state index >= 15 is 0 Å². The molecule has 0 bridgehead atoms. The van der Waals surface area contributed by atoms with Gasteiger partial charge in [-0.1, -0.05) is 125 Å². The number of phenolic OH excluding ortho intramolecular Hbond substituents is 4. The quantitative estimate of drug-likeness (QED) is 0.0310. The number of carboxylic acid groups (broad SMARTS) is 2. The van der Waals surface area contributed by atoms with Gasteiger partial charge in [-0.3, -0.25) is 9.59 Å². The number of benzene rings is 8. The summed E-state index contributed by atoms with van der Waals surface area (Å²) in [6.07, 6.45) is 3.40. The standard InChI is InChI=1S/C31H28Cl2NO8PS.C31H26Cl2NO8PS/c2*1-44(41,42)25-10-2-5-19(13-25)16-28(31(38)39)34-30(37)29-26(32)14-20(15-27(29)33)11-12-43(40,23-8-3-6-21(35)17-23)24-9-4-7-22(36)18-24/h2-10,13-15,17-18,28,35-36H,11-12,16H2,1H3,(H,34,37)(H,38,39);2-15,17-18,28,35-36H,16H2,1H3,(H,34,37)(H,38,39)/b;12-11+/t2*28-/m00/s1. The Bertz CT molecular complexity index is 4250. The summed E-state index contributed by atoms with van der Waals surface area (Å²) < 4.78 is 76.3. The first kappa shape index (κ1) is 67.6. The summed E-state index contributed by atoms with van der Waals surface area (Å²) in [6.45, 7) is 0. The number of halogens is 4. The van der Waals surface area contributed by atoms with E-state index in [0.717, 1.165) is 12.5 Å². The molecular weight excluding hydrogens is 1300 g/mol. The molecule has 0 aliphatic rings. The van der Waals surface area contributed by atoms with E-state index in [0.29, 0.717) is 43.5 Å². The highest BCUT2D eigenvalue weighted by atomic mass is 35.5. The first-order valence-corrected chi connectivity index (χ1v) is 35.0. The highest BCUT2D eigenvalue weighted by molar-refractivity contribution is 7.91. The summed E-state index contributed by atoms with van der Waals surface area (Å²) in [6, 6.07) is 38.4. The SMILES string of the molecule is CS(=O)(=O)c1cccc(C[C@H](NC(=O)c2c(Cl)cc(/C=C/P(=O)(c3cccc(O)c3)c3cccc(O)c3)cc2Cl)C(=O)O)c1.CS(=O)(=O)c1cccc(C[C@H](NC(=O)c2c(Cl)cc(CCP(=O)(c3cccc(O)c3)c3cccc(O)c3)cc2Cl)C(=O)O)c1. The van der Waals surface area contributed by atoms with Gasteiger partial charge in [0, 0.05) is 52.7 Å². The minimum Gasteiger partial charge on any atom is -0.508 e. The molecule has 8 aromatic carbocycles. The summed E-state index contributed by atoms with van der Waals surface area (Å²) in [5, 5.41) is 65.4. The van der Waals surface area contributed by atoms with Crippen molar-refractivity contribution in [3.63, 3.8) is 0 Å². The molecule has 26 heteroatoms. The summed E-state index contributed by atoms with van der Waals surface area (Å²) in [4.78, 5) is 50.3. The highest BCUT2D eigenvalue weighted by Crippen LogP contribution is 2.48. The van der Waals surface area contributed by atoms with Gasteiger partial charge in [-0.25, -0.2) is 26.4 Å². The molecule has 18 nitrogen and oxygen atoms in total. The number of aromatic hydroxyl groups is 4. The molecule has 0 radical (unpaired) electrons. The highest BCUT2D eigenvalue weighted by Gasteiger charge is 2.31. The number of carboxylic acids is 2. The van der Waals surface area contributed by atoms with Crippen molar-refractivity contribution >= 4 is 131 Å². The third kappa shape index (κ3) is 17.2. The fourth-order valence-electron chi connectivity index (χ4n) is 9.07. The molecule has 0 heterocycles. The fourth-order valence-corrected chi connectivity index (χ4v) is 16.8. The van der Waals surface area contributed by atoms with E-state index < -0.39 is 69.8 Å². The third-order valence-corrected chi connectivity index (χ3v) is 22.6. The second-order valence-corrected chi connectivity index (χ2v) is 31.3. The number of aryl methyl sites for hydroxylation is 1. The van der Waals surface area contributed by atoms with Crippen molar-refractivity contribution in [3.8, 4) is 23.0 Å². The van der Waals surface area contributed by atoms with Crippen molar-refractivity contribution in [2.75, 3.05) is 18.7 Å². The molecule has 0 fully saturated rings. The second kappa shape index (κ2) is 28.5. The summed E-state index contributed by atoms with van der Waals surface area (Å²) in [5.74, 6) is -3.33. The summed E-state index contributed by atoms with van der Waals surface area (Å²) in [5.41, 5.74) is 1.33. The second-order valence-electron chi connectivity index (χ2n) is 20.0.